The Bertz CT molecular complexity index is 1350. The van der Waals surface area contributed by atoms with E-state index in [4.69, 9.17) is 37.4 Å². The average Bonchev–Trinajstić information content (AvgIpc) is 3.47. The van der Waals surface area contributed by atoms with E-state index in [-0.39, 0.29) is 18.3 Å². The van der Waals surface area contributed by atoms with Gasteiger partial charge in [0.2, 0.25) is 0 Å². The number of benzene rings is 2. The SMILES string of the molecule is Cc1onc(-c2ccccc2Cl)c1C(=O)N(CCCN1CCOCC1)c1nc2c(Cl)cccc2s1.Cl. The predicted octanol–water partition coefficient (Wildman–Crippen LogP) is 6.36. The maximum absolute atomic E-state index is 14.1. The molecule has 0 aliphatic carbocycles. The van der Waals surface area contributed by atoms with Crippen molar-refractivity contribution in [3.63, 3.8) is 0 Å². The van der Waals surface area contributed by atoms with Gasteiger partial charge in [-0.3, -0.25) is 14.6 Å². The van der Waals surface area contributed by atoms with Crippen LogP contribution >= 0.6 is 46.9 Å². The van der Waals surface area contributed by atoms with Crippen molar-refractivity contribution in [2.24, 2.45) is 0 Å². The molecule has 3 heterocycles. The van der Waals surface area contributed by atoms with Crippen LogP contribution < -0.4 is 4.90 Å². The molecule has 0 spiro atoms. The summed E-state index contributed by atoms with van der Waals surface area (Å²) in [6.07, 6.45) is 0.779. The summed E-state index contributed by atoms with van der Waals surface area (Å²) in [6.45, 7) is 6.35. The molecule has 190 valence electrons. The van der Waals surface area contributed by atoms with E-state index in [0.717, 1.165) is 44.0 Å². The van der Waals surface area contributed by atoms with E-state index in [1.165, 1.54) is 11.3 Å². The van der Waals surface area contributed by atoms with Crippen molar-refractivity contribution in [3.05, 3.63) is 63.8 Å². The Hall–Kier alpha value is -2.20. The van der Waals surface area contributed by atoms with Crippen LogP contribution in [-0.4, -0.2) is 60.3 Å². The first-order valence-electron chi connectivity index (χ1n) is 11.4. The van der Waals surface area contributed by atoms with Crippen LogP contribution in [-0.2, 0) is 4.74 Å². The zero-order valence-electron chi connectivity index (χ0n) is 19.6. The summed E-state index contributed by atoms with van der Waals surface area (Å²) in [6, 6.07) is 12.9. The zero-order valence-corrected chi connectivity index (χ0v) is 22.7. The molecule has 2 aromatic carbocycles. The van der Waals surface area contributed by atoms with Crippen LogP contribution in [0.2, 0.25) is 10.0 Å². The number of anilines is 1. The largest absolute Gasteiger partial charge is 0.379 e. The van der Waals surface area contributed by atoms with Gasteiger partial charge in [0, 0.05) is 31.7 Å². The molecule has 0 N–H and O–H groups in total. The van der Waals surface area contributed by atoms with Crippen molar-refractivity contribution in [3.8, 4) is 11.3 Å². The number of fused-ring (bicyclic) bond motifs is 1. The van der Waals surface area contributed by atoms with Gasteiger partial charge in [-0.1, -0.05) is 64.0 Å². The Balaban J connectivity index is 0.00000304. The molecule has 4 aromatic rings. The quantitative estimate of drug-likeness (QED) is 0.259. The normalized spacial score (nSPS) is 14.1. The second kappa shape index (κ2) is 11.9. The number of halogens is 3. The van der Waals surface area contributed by atoms with Gasteiger partial charge in [-0.2, -0.15) is 0 Å². The van der Waals surface area contributed by atoms with E-state index >= 15 is 0 Å². The highest BCUT2D eigenvalue weighted by molar-refractivity contribution is 7.22. The van der Waals surface area contributed by atoms with E-state index in [1.54, 1.807) is 24.0 Å². The van der Waals surface area contributed by atoms with Crippen molar-refractivity contribution in [1.82, 2.24) is 15.0 Å². The lowest BCUT2D eigenvalue weighted by atomic mass is 10.1. The van der Waals surface area contributed by atoms with Gasteiger partial charge in [0.05, 0.1) is 28.0 Å². The zero-order chi connectivity index (χ0) is 24.4. The summed E-state index contributed by atoms with van der Waals surface area (Å²) in [5.74, 6) is 0.207. The van der Waals surface area contributed by atoms with Crippen molar-refractivity contribution in [2.45, 2.75) is 13.3 Å². The fraction of sp³-hybridized carbons (Fsp3) is 0.320. The van der Waals surface area contributed by atoms with Gasteiger partial charge in [-0.15, -0.1) is 12.4 Å². The molecule has 1 aliphatic heterocycles. The fourth-order valence-electron chi connectivity index (χ4n) is 4.18. The third-order valence-electron chi connectivity index (χ3n) is 6.00. The molecule has 1 saturated heterocycles. The first-order valence-corrected chi connectivity index (χ1v) is 13.0. The highest BCUT2D eigenvalue weighted by atomic mass is 35.5. The smallest absolute Gasteiger partial charge is 0.265 e. The standard InChI is InChI=1S/C25H24Cl2N4O3S.ClH/c1-16-21(22(29-34-16)17-6-2-3-7-18(17)26)24(32)31(11-5-10-30-12-14-33-15-13-30)25-28-23-19(27)8-4-9-20(23)35-25;/h2-4,6-9H,5,10-15H2,1H3;1H. The van der Waals surface area contributed by atoms with Gasteiger partial charge in [-0.25, -0.2) is 4.98 Å². The van der Waals surface area contributed by atoms with Crippen LogP contribution in [0.25, 0.3) is 21.5 Å². The third kappa shape index (κ3) is 5.54. The Morgan fingerprint density at radius 2 is 1.86 bits per heavy atom. The van der Waals surface area contributed by atoms with Crippen LogP contribution in [0.15, 0.2) is 47.0 Å². The number of carbonyl (C=O) groups is 1. The number of nitrogens with zero attached hydrogens (tertiary/aromatic N) is 4. The van der Waals surface area contributed by atoms with E-state index in [9.17, 15) is 4.79 Å². The number of para-hydroxylation sites is 1. The van der Waals surface area contributed by atoms with E-state index < -0.39 is 0 Å². The van der Waals surface area contributed by atoms with Crippen LogP contribution in [0.1, 0.15) is 22.5 Å². The minimum absolute atomic E-state index is 0. The summed E-state index contributed by atoms with van der Waals surface area (Å²) >= 11 is 14.3. The number of morpholine rings is 1. The lowest BCUT2D eigenvalue weighted by molar-refractivity contribution is 0.0376. The number of carbonyl (C=O) groups excluding carboxylic acids is 1. The summed E-state index contributed by atoms with van der Waals surface area (Å²) < 4.78 is 11.8. The lowest BCUT2D eigenvalue weighted by Crippen LogP contribution is -2.39. The minimum Gasteiger partial charge on any atom is -0.379 e. The number of hydrogen-bond donors (Lipinski definition) is 0. The molecule has 36 heavy (non-hydrogen) atoms. The lowest BCUT2D eigenvalue weighted by Gasteiger charge is -2.27. The first kappa shape index (κ1) is 26.9. The number of thiazole rings is 1. The van der Waals surface area contributed by atoms with Gasteiger partial charge in [0.25, 0.3) is 5.91 Å². The van der Waals surface area contributed by atoms with Crippen molar-refractivity contribution >= 4 is 68.2 Å². The summed E-state index contributed by atoms with van der Waals surface area (Å²) in [5, 5.41) is 5.84. The monoisotopic (exact) mass is 566 g/mol. The molecule has 0 radical (unpaired) electrons. The molecule has 1 fully saturated rings. The van der Waals surface area contributed by atoms with Gasteiger partial charge in [-0.05, 0) is 31.5 Å². The molecular weight excluding hydrogens is 543 g/mol. The fourth-order valence-corrected chi connectivity index (χ4v) is 5.69. The van der Waals surface area contributed by atoms with Crippen LogP contribution in [0.3, 0.4) is 0 Å². The van der Waals surface area contributed by atoms with Gasteiger partial charge >= 0.3 is 0 Å². The van der Waals surface area contributed by atoms with E-state index in [2.05, 4.69) is 10.1 Å². The van der Waals surface area contributed by atoms with Crippen LogP contribution in [0.5, 0.6) is 0 Å². The summed E-state index contributed by atoms with van der Waals surface area (Å²) in [7, 11) is 0. The molecule has 1 aliphatic rings. The van der Waals surface area contributed by atoms with E-state index in [1.807, 2.05) is 30.3 Å². The van der Waals surface area contributed by atoms with Gasteiger partial charge in [0.15, 0.2) is 5.13 Å². The predicted molar refractivity (Wildman–Crippen MR) is 147 cm³/mol. The Kier molecular flexibility index (Phi) is 8.87. The Labute approximate surface area is 229 Å². The molecular formula is C25H25Cl3N4O3S. The molecule has 0 atom stereocenters. The maximum atomic E-state index is 14.1. The van der Waals surface area contributed by atoms with Crippen molar-refractivity contribution in [1.29, 1.82) is 0 Å². The topological polar surface area (TPSA) is 71.7 Å². The molecule has 0 saturated carbocycles. The van der Waals surface area contributed by atoms with Gasteiger partial charge < -0.3 is 9.26 Å². The number of amides is 1. The van der Waals surface area contributed by atoms with Gasteiger partial charge in [0.1, 0.15) is 22.5 Å². The number of rotatable bonds is 7. The Morgan fingerprint density at radius 3 is 2.61 bits per heavy atom. The second-order valence-corrected chi connectivity index (χ2v) is 10.1. The molecule has 0 unspecified atom stereocenters. The number of aromatic nitrogens is 2. The minimum atomic E-state index is -0.226. The van der Waals surface area contributed by atoms with E-state index in [0.29, 0.717) is 49.8 Å². The average molecular weight is 568 g/mol. The molecule has 11 heteroatoms. The molecule has 0 bridgehead atoms. The molecule has 5 rings (SSSR count). The number of aryl methyl sites for hydroxylation is 1. The number of hydrogen-bond acceptors (Lipinski definition) is 7. The molecule has 2 aromatic heterocycles. The van der Waals surface area contributed by atoms with Crippen molar-refractivity contribution in [2.75, 3.05) is 44.3 Å². The van der Waals surface area contributed by atoms with Crippen LogP contribution in [0, 0.1) is 6.92 Å². The summed E-state index contributed by atoms with van der Waals surface area (Å²) in [5.41, 5.74) is 2.15. The highest BCUT2D eigenvalue weighted by Gasteiger charge is 2.30. The van der Waals surface area contributed by atoms with Crippen LogP contribution in [0.4, 0.5) is 5.13 Å². The Morgan fingerprint density at radius 1 is 1.11 bits per heavy atom. The molecule has 1 amide bonds. The maximum Gasteiger partial charge on any atom is 0.265 e. The molecule has 7 nitrogen and oxygen atoms in total. The highest BCUT2D eigenvalue weighted by Crippen LogP contribution is 2.36. The third-order valence-corrected chi connectivity index (χ3v) is 7.68. The van der Waals surface area contributed by atoms with Crippen molar-refractivity contribution < 1.29 is 14.1 Å². The number of ether oxygens (including phenoxy) is 1. The second-order valence-electron chi connectivity index (χ2n) is 8.29. The summed E-state index contributed by atoms with van der Waals surface area (Å²) in [4.78, 5) is 22.9. The first-order chi connectivity index (χ1) is 17.0.